The van der Waals surface area contributed by atoms with Crippen LogP contribution in [0, 0.1) is 5.41 Å². The molecule has 2 aromatic rings. The zero-order valence-electron chi connectivity index (χ0n) is 17.6. The third kappa shape index (κ3) is 6.20. The third-order valence-electron chi connectivity index (χ3n) is 4.83. The second-order valence-corrected chi connectivity index (χ2v) is 9.29. The van der Waals surface area contributed by atoms with E-state index in [0.29, 0.717) is 13.1 Å². The average Bonchev–Trinajstić information content (AvgIpc) is 3.17. The van der Waals surface area contributed by atoms with Gasteiger partial charge in [0.2, 0.25) is 11.8 Å². The summed E-state index contributed by atoms with van der Waals surface area (Å²) in [5, 5.41) is 2.02. The lowest BCUT2D eigenvalue weighted by molar-refractivity contribution is -0.148. The van der Waals surface area contributed by atoms with Gasteiger partial charge in [0.1, 0.15) is 6.54 Å². The summed E-state index contributed by atoms with van der Waals surface area (Å²) in [4.78, 5) is 31.0. The first-order valence-electron chi connectivity index (χ1n) is 9.87. The number of hydrogen-bond acceptors (Lipinski definition) is 3. The zero-order valence-corrected chi connectivity index (χ0v) is 18.5. The van der Waals surface area contributed by atoms with Crippen molar-refractivity contribution in [2.45, 2.75) is 60.2 Å². The molecule has 0 N–H and O–H groups in total. The van der Waals surface area contributed by atoms with Crippen molar-refractivity contribution < 1.29 is 9.59 Å². The number of rotatable bonds is 8. The monoisotopic (exact) mass is 400 g/mol. The molecule has 2 amide bonds. The topological polar surface area (TPSA) is 40.6 Å². The number of hydrogen-bond donors (Lipinski definition) is 0. The van der Waals surface area contributed by atoms with Crippen molar-refractivity contribution in [1.29, 1.82) is 0 Å². The Labute approximate surface area is 173 Å². The van der Waals surface area contributed by atoms with Gasteiger partial charge < -0.3 is 9.80 Å². The van der Waals surface area contributed by atoms with Crippen molar-refractivity contribution in [3.63, 3.8) is 0 Å². The molecule has 1 atom stereocenters. The maximum Gasteiger partial charge on any atom is 0.242 e. The molecule has 28 heavy (non-hydrogen) atoms. The molecule has 152 valence electrons. The molecule has 0 spiro atoms. The Morgan fingerprint density at radius 1 is 1.04 bits per heavy atom. The molecule has 0 aliphatic heterocycles. The van der Waals surface area contributed by atoms with Crippen LogP contribution in [0.3, 0.4) is 0 Å². The predicted molar refractivity (Wildman–Crippen MR) is 116 cm³/mol. The fourth-order valence-corrected chi connectivity index (χ4v) is 3.67. The minimum Gasteiger partial charge on any atom is -0.332 e. The van der Waals surface area contributed by atoms with Crippen LogP contribution in [0.4, 0.5) is 0 Å². The van der Waals surface area contributed by atoms with Crippen LogP contribution in [-0.2, 0) is 22.7 Å². The fraction of sp³-hybridized carbons (Fsp3) is 0.478. The van der Waals surface area contributed by atoms with Crippen LogP contribution in [0.25, 0.3) is 0 Å². The molecule has 0 aliphatic carbocycles. The van der Waals surface area contributed by atoms with E-state index in [-0.39, 0.29) is 24.4 Å². The Kier molecular flexibility index (Phi) is 7.81. The lowest BCUT2D eigenvalue weighted by Crippen LogP contribution is -2.49. The van der Waals surface area contributed by atoms with Gasteiger partial charge in [-0.1, -0.05) is 64.1 Å². The molecule has 5 heteroatoms. The molecule has 1 aromatic carbocycles. The van der Waals surface area contributed by atoms with E-state index >= 15 is 0 Å². The Morgan fingerprint density at radius 3 is 2.25 bits per heavy atom. The second-order valence-electron chi connectivity index (χ2n) is 8.26. The van der Waals surface area contributed by atoms with Gasteiger partial charge in [-0.25, -0.2) is 0 Å². The SMILES string of the molecule is CCC(C)N(CC(=O)N(Cc1ccccc1)Cc1cccs1)C(=O)C(C)(C)C. The normalized spacial score (nSPS) is 12.5. The predicted octanol–water partition coefficient (Wildman–Crippen LogP) is 4.95. The van der Waals surface area contributed by atoms with Gasteiger partial charge >= 0.3 is 0 Å². The second kappa shape index (κ2) is 9.87. The van der Waals surface area contributed by atoms with Gasteiger partial charge in [-0.05, 0) is 30.4 Å². The van der Waals surface area contributed by atoms with Crippen LogP contribution in [0.1, 0.15) is 51.5 Å². The molecule has 1 unspecified atom stereocenters. The van der Waals surface area contributed by atoms with Gasteiger partial charge in [-0.2, -0.15) is 0 Å². The van der Waals surface area contributed by atoms with E-state index in [4.69, 9.17) is 0 Å². The summed E-state index contributed by atoms with van der Waals surface area (Å²) in [6, 6.07) is 14.1. The largest absolute Gasteiger partial charge is 0.332 e. The minimum atomic E-state index is -0.512. The van der Waals surface area contributed by atoms with E-state index < -0.39 is 5.41 Å². The maximum absolute atomic E-state index is 13.3. The lowest BCUT2D eigenvalue weighted by Gasteiger charge is -2.35. The van der Waals surface area contributed by atoms with Crippen LogP contribution in [-0.4, -0.2) is 34.2 Å². The summed E-state index contributed by atoms with van der Waals surface area (Å²) in [5.41, 5.74) is 0.575. The molecule has 1 aromatic heterocycles. The molecule has 0 saturated heterocycles. The molecule has 4 nitrogen and oxygen atoms in total. The average molecular weight is 401 g/mol. The molecular formula is C23H32N2O2S. The Balaban J connectivity index is 2.22. The lowest BCUT2D eigenvalue weighted by atomic mass is 9.93. The van der Waals surface area contributed by atoms with Crippen molar-refractivity contribution in [2.75, 3.05) is 6.54 Å². The van der Waals surface area contributed by atoms with Gasteiger partial charge in [-0.3, -0.25) is 9.59 Å². The maximum atomic E-state index is 13.3. The number of thiophene rings is 1. The number of nitrogens with zero attached hydrogens (tertiary/aromatic N) is 2. The Bertz CT molecular complexity index is 751. The van der Waals surface area contributed by atoms with Crippen LogP contribution in [0.2, 0.25) is 0 Å². The highest BCUT2D eigenvalue weighted by atomic mass is 32.1. The van der Waals surface area contributed by atoms with Crippen LogP contribution in [0.15, 0.2) is 47.8 Å². The summed E-state index contributed by atoms with van der Waals surface area (Å²) in [6.07, 6.45) is 0.818. The van der Waals surface area contributed by atoms with Gasteiger partial charge in [0.15, 0.2) is 0 Å². The molecule has 0 radical (unpaired) electrons. The quantitative estimate of drug-likeness (QED) is 0.629. The van der Waals surface area contributed by atoms with Crippen molar-refractivity contribution in [2.24, 2.45) is 5.41 Å². The number of amides is 2. The molecule has 2 rings (SSSR count). The van der Waals surface area contributed by atoms with Gasteiger partial charge in [-0.15, -0.1) is 11.3 Å². The summed E-state index contributed by atoms with van der Waals surface area (Å²) in [7, 11) is 0. The number of carbonyl (C=O) groups is 2. The summed E-state index contributed by atoms with van der Waals surface area (Å²) in [5.74, 6) is 0.00105. The summed E-state index contributed by atoms with van der Waals surface area (Å²) >= 11 is 1.65. The van der Waals surface area contributed by atoms with Crippen LogP contribution < -0.4 is 0 Å². The molecule has 0 aliphatic rings. The number of carbonyl (C=O) groups excluding carboxylic acids is 2. The van der Waals surface area contributed by atoms with Crippen molar-refractivity contribution in [3.05, 3.63) is 58.3 Å². The molecular weight excluding hydrogens is 368 g/mol. The van der Waals surface area contributed by atoms with Gasteiger partial charge in [0, 0.05) is 22.9 Å². The smallest absolute Gasteiger partial charge is 0.242 e. The van der Waals surface area contributed by atoms with E-state index in [1.54, 1.807) is 16.2 Å². The Morgan fingerprint density at radius 2 is 1.71 bits per heavy atom. The van der Waals surface area contributed by atoms with E-state index in [1.807, 2.05) is 87.4 Å². The zero-order chi connectivity index (χ0) is 20.7. The first kappa shape index (κ1) is 22.2. The van der Waals surface area contributed by atoms with Crippen molar-refractivity contribution in [3.8, 4) is 0 Å². The highest BCUT2D eigenvalue weighted by Gasteiger charge is 2.32. The van der Waals surface area contributed by atoms with Crippen LogP contribution in [0.5, 0.6) is 0 Å². The van der Waals surface area contributed by atoms with E-state index in [2.05, 4.69) is 0 Å². The standard InChI is InChI=1S/C23H32N2O2S/c1-6-18(2)25(22(27)23(3,4)5)17-21(26)24(16-20-13-10-14-28-20)15-19-11-8-7-9-12-19/h7-14,18H,6,15-17H2,1-5H3. The van der Waals surface area contributed by atoms with Gasteiger partial charge in [0.25, 0.3) is 0 Å². The van der Waals surface area contributed by atoms with Crippen LogP contribution >= 0.6 is 11.3 Å². The highest BCUT2D eigenvalue weighted by Crippen LogP contribution is 2.21. The first-order valence-corrected chi connectivity index (χ1v) is 10.8. The van der Waals surface area contributed by atoms with Crippen molar-refractivity contribution in [1.82, 2.24) is 9.80 Å². The first-order chi connectivity index (χ1) is 13.2. The highest BCUT2D eigenvalue weighted by molar-refractivity contribution is 7.09. The minimum absolute atomic E-state index is 0.0184. The molecule has 0 saturated carbocycles. The fourth-order valence-electron chi connectivity index (χ4n) is 2.95. The molecule has 0 fully saturated rings. The van der Waals surface area contributed by atoms with Crippen molar-refractivity contribution >= 4 is 23.2 Å². The summed E-state index contributed by atoms with van der Waals surface area (Å²) < 4.78 is 0. The van der Waals surface area contributed by atoms with E-state index in [9.17, 15) is 9.59 Å². The Hall–Kier alpha value is -2.14. The number of benzene rings is 1. The molecule has 1 heterocycles. The van der Waals surface area contributed by atoms with Gasteiger partial charge in [0.05, 0.1) is 6.54 Å². The van der Waals surface area contributed by atoms with E-state index in [0.717, 1.165) is 16.9 Å². The molecule has 0 bridgehead atoms. The third-order valence-corrected chi connectivity index (χ3v) is 5.69. The van der Waals surface area contributed by atoms with E-state index in [1.165, 1.54) is 0 Å². The summed E-state index contributed by atoms with van der Waals surface area (Å²) in [6.45, 7) is 11.0.